The first kappa shape index (κ1) is 25.8. The summed E-state index contributed by atoms with van der Waals surface area (Å²) in [5.41, 5.74) is -0.265. The molecule has 2 heterocycles. The van der Waals surface area contributed by atoms with Crippen molar-refractivity contribution in [3.63, 3.8) is 0 Å². The number of hydrogen-bond acceptors (Lipinski definition) is 5. The summed E-state index contributed by atoms with van der Waals surface area (Å²) < 4.78 is 47.8. The number of benzene rings is 2. The Morgan fingerprint density at radius 1 is 1.11 bits per heavy atom. The number of aromatic nitrogens is 3. The van der Waals surface area contributed by atoms with E-state index in [1.165, 1.54) is 16.7 Å². The fraction of sp³-hybridized carbons (Fsp3) is 0.348. The van der Waals surface area contributed by atoms with Crippen LogP contribution in [0.15, 0.2) is 47.6 Å². The Balaban J connectivity index is 1.70. The third-order valence-electron chi connectivity index (χ3n) is 5.33. The number of thioether (sulfide) groups is 1. The number of nitrogens with zero attached hydrogens (tertiary/aromatic N) is 4. The summed E-state index contributed by atoms with van der Waals surface area (Å²) in [6, 6.07) is 10.3. The van der Waals surface area contributed by atoms with Crippen LogP contribution in [0, 0.1) is 0 Å². The fourth-order valence-electron chi connectivity index (χ4n) is 3.88. The highest BCUT2D eigenvalue weighted by Crippen LogP contribution is 2.37. The Morgan fingerprint density at radius 3 is 2.49 bits per heavy atom. The maximum Gasteiger partial charge on any atom is 0.417 e. The van der Waals surface area contributed by atoms with Crippen LogP contribution in [0.1, 0.15) is 19.4 Å². The van der Waals surface area contributed by atoms with Gasteiger partial charge in [0, 0.05) is 23.7 Å². The molecule has 0 saturated carbocycles. The molecule has 0 spiro atoms. The lowest BCUT2D eigenvalue weighted by molar-refractivity contribution is -0.140. The number of carbonyl (C=O) groups is 1. The van der Waals surface area contributed by atoms with Gasteiger partial charge in [0.15, 0.2) is 11.0 Å². The van der Waals surface area contributed by atoms with Gasteiger partial charge in [-0.25, -0.2) is 0 Å². The highest BCUT2D eigenvalue weighted by Gasteiger charge is 2.34. The quantitative estimate of drug-likeness (QED) is 0.369. The molecule has 1 saturated heterocycles. The second-order valence-electron chi connectivity index (χ2n) is 8.16. The van der Waals surface area contributed by atoms with E-state index in [9.17, 15) is 18.0 Å². The van der Waals surface area contributed by atoms with Crippen molar-refractivity contribution in [3.05, 3.63) is 58.1 Å². The second-order valence-corrected chi connectivity index (χ2v) is 9.94. The Kier molecular flexibility index (Phi) is 7.65. The van der Waals surface area contributed by atoms with Gasteiger partial charge in [0.2, 0.25) is 5.91 Å². The molecule has 2 aromatic carbocycles. The van der Waals surface area contributed by atoms with E-state index in [-0.39, 0.29) is 40.5 Å². The first-order valence-corrected chi connectivity index (χ1v) is 12.4. The number of amides is 1. The molecule has 0 N–H and O–H groups in total. The van der Waals surface area contributed by atoms with Crippen LogP contribution in [0.3, 0.4) is 0 Å². The lowest BCUT2D eigenvalue weighted by Crippen LogP contribution is -2.48. The molecule has 0 aliphatic carbocycles. The van der Waals surface area contributed by atoms with E-state index >= 15 is 0 Å². The molecule has 12 heteroatoms. The lowest BCUT2D eigenvalue weighted by atomic mass is 10.1. The summed E-state index contributed by atoms with van der Waals surface area (Å²) in [6.07, 6.45) is -4.81. The van der Waals surface area contributed by atoms with Crippen molar-refractivity contribution in [1.82, 2.24) is 19.7 Å². The molecule has 3 aromatic rings. The van der Waals surface area contributed by atoms with E-state index in [2.05, 4.69) is 10.2 Å². The minimum absolute atomic E-state index is 0.0346. The summed E-state index contributed by atoms with van der Waals surface area (Å²) in [4.78, 5) is 14.6. The second kappa shape index (κ2) is 10.4. The van der Waals surface area contributed by atoms with Crippen LogP contribution in [0.2, 0.25) is 10.0 Å². The summed E-state index contributed by atoms with van der Waals surface area (Å²) in [5.74, 6) is 0.196. The van der Waals surface area contributed by atoms with E-state index in [0.717, 1.165) is 17.8 Å². The summed E-state index contributed by atoms with van der Waals surface area (Å²) in [7, 11) is 0. The van der Waals surface area contributed by atoms with Crippen LogP contribution in [0.4, 0.5) is 13.2 Å². The molecule has 0 unspecified atom stereocenters. The van der Waals surface area contributed by atoms with Gasteiger partial charge in [-0.3, -0.25) is 9.36 Å². The highest BCUT2D eigenvalue weighted by atomic mass is 35.5. The zero-order chi connectivity index (χ0) is 25.3. The van der Waals surface area contributed by atoms with Crippen molar-refractivity contribution in [1.29, 1.82) is 0 Å². The predicted molar refractivity (Wildman–Crippen MR) is 129 cm³/mol. The number of halogens is 5. The van der Waals surface area contributed by atoms with Crippen LogP contribution < -0.4 is 0 Å². The average Bonchev–Trinajstić information content (AvgIpc) is 3.20. The van der Waals surface area contributed by atoms with Gasteiger partial charge in [-0.1, -0.05) is 47.1 Å². The van der Waals surface area contributed by atoms with Crippen molar-refractivity contribution >= 4 is 40.9 Å². The van der Waals surface area contributed by atoms with Crippen molar-refractivity contribution in [2.24, 2.45) is 0 Å². The molecule has 4 rings (SSSR count). The van der Waals surface area contributed by atoms with E-state index in [4.69, 9.17) is 27.9 Å². The van der Waals surface area contributed by atoms with Crippen LogP contribution in [-0.2, 0) is 15.7 Å². The molecular weight excluding hydrogens is 524 g/mol. The van der Waals surface area contributed by atoms with Gasteiger partial charge >= 0.3 is 6.18 Å². The van der Waals surface area contributed by atoms with Crippen molar-refractivity contribution in [2.45, 2.75) is 37.4 Å². The van der Waals surface area contributed by atoms with Gasteiger partial charge in [-0.05, 0) is 44.2 Å². The number of hydrogen-bond donors (Lipinski definition) is 0. The minimum Gasteiger partial charge on any atom is -0.372 e. The van der Waals surface area contributed by atoms with Gasteiger partial charge < -0.3 is 9.64 Å². The van der Waals surface area contributed by atoms with E-state index < -0.39 is 16.8 Å². The summed E-state index contributed by atoms with van der Waals surface area (Å²) in [5, 5.41) is 8.67. The predicted octanol–water partition coefficient (Wildman–Crippen LogP) is 5.99. The molecule has 1 aromatic heterocycles. The molecule has 1 aliphatic heterocycles. The number of morpholine rings is 1. The third-order valence-corrected chi connectivity index (χ3v) is 6.81. The maximum atomic E-state index is 13.6. The highest BCUT2D eigenvalue weighted by molar-refractivity contribution is 7.99. The van der Waals surface area contributed by atoms with Crippen molar-refractivity contribution in [3.8, 4) is 17.1 Å². The average molecular weight is 545 g/mol. The molecule has 1 aliphatic rings. The third kappa shape index (κ3) is 5.94. The fourth-order valence-corrected chi connectivity index (χ4v) is 5.15. The molecule has 0 bridgehead atoms. The zero-order valence-electron chi connectivity index (χ0n) is 18.7. The van der Waals surface area contributed by atoms with Gasteiger partial charge in [0.1, 0.15) is 0 Å². The van der Waals surface area contributed by atoms with E-state index in [0.29, 0.717) is 23.7 Å². The van der Waals surface area contributed by atoms with Crippen LogP contribution in [-0.4, -0.2) is 56.6 Å². The number of ether oxygens (including phenoxy) is 1. The topological polar surface area (TPSA) is 60.2 Å². The molecule has 6 nitrogen and oxygen atoms in total. The largest absolute Gasteiger partial charge is 0.417 e. The van der Waals surface area contributed by atoms with Crippen LogP contribution >= 0.6 is 35.0 Å². The first-order chi connectivity index (χ1) is 16.5. The molecule has 2 atom stereocenters. The molecule has 1 amide bonds. The number of carbonyl (C=O) groups excluding carboxylic acids is 1. The lowest BCUT2D eigenvalue weighted by Gasteiger charge is -2.35. The SMILES string of the molecule is C[C@@H]1CN(C(=O)CSc2nnc(-c3cccc(Cl)c3)n2-c2ccc(Cl)c(C(F)(F)F)c2)C[C@@H](C)O1. The van der Waals surface area contributed by atoms with E-state index in [1.54, 1.807) is 29.2 Å². The van der Waals surface area contributed by atoms with Gasteiger partial charge in [-0.2, -0.15) is 13.2 Å². The molecule has 1 fully saturated rings. The normalized spacial score (nSPS) is 18.7. The Morgan fingerprint density at radius 2 is 1.83 bits per heavy atom. The van der Waals surface area contributed by atoms with Crippen molar-refractivity contribution < 1.29 is 22.7 Å². The van der Waals surface area contributed by atoms with Crippen LogP contribution in [0.5, 0.6) is 0 Å². The molecular formula is C23H21Cl2F3N4O2S. The first-order valence-electron chi connectivity index (χ1n) is 10.7. The smallest absolute Gasteiger partial charge is 0.372 e. The Labute approximate surface area is 214 Å². The monoisotopic (exact) mass is 544 g/mol. The number of alkyl halides is 3. The molecule has 0 radical (unpaired) electrons. The standard InChI is InChI=1S/C23H21Cl2F3N4O2S/c1-13-10-31(11-14(2)34-13)20(33)12-35-22-30-29-21(15-4-3-5-16(24)8-15)32(22)17-6-7-19(25)18(9-17)23(26,27)28/h3-9,13-14H,10-12H2,1-2H3/t13-,14-/m1/s1. The molecule has 186 valence electrons. The minimum atomic E-state index is -4.65. The van der Waals surface area contributed by atoms with E-state index in [1.807, 2.05) is 13.8 Å². The van der Waals surface area contributed by atoms with Crippen molar-refractivity contribution in [2.75, 3.05) is 18.8 Å². The Hall–Kier alpha value is -2.27. The van der Waals surface area contributed by atoms with Gasteiger partial charge in [0.25, 0.3) is 0 Å². The Bertz CT molecular complexity index is 1230. The summed E-state index contributed by atoms with van der Waals surface area (Å²) in [6.45, 7) is 4.73. The summed E-state index contributed by atoms with van der Waals surface area (Å²) >= 11 is 13.1. The van der Waals surface area contributed by atoms with Crippen LogP contribution in [0.25, 0.3) is 17.1 Å². The van der Waals surface area contributed by atoms with Gasteiger partial charge in [0.05, 0.1) is 34.2 Å². The molecule has 35 heavy (non-hydrogen) atoms. The van der Waals surface area contributed by atoms with Gasteiger partial charge in [-0.15, -0.1) is 10.2 Å². The zero-order valence-corrected chi connectivity index (χ0v) is 21.0. The maximum absolute atomic E-state index is 13.6. The number of rotatable bonds is 5.